The van der Waals surface area contributed by atoms with Gasteiger partial charge in [-0.1, -0.05) is 133 Å². The Morgan fingerprint density at radius 2 is 1.04 bits per heavy atom. The Kier molecular flexibility index (Phi) is 5.11. The van der Waals surface area contributed by atoms with Crippen molar-refractivity contribution in [2.45, 2.75) is 0 Å². The van der Waals surface area contributed by atoms with Gasteiger partial charge in [-0.05, 0) is 80.2 Å². The minimum absolute atomic E-state index is 0.892. The van der Waals surface area contributed by atoms with Gasteiger partial charge in [0, 0.05) is 38.0 Å². The van der Waals surface area contributed by atoms with E-state index < -0.39 is 0 Å². The lowest BCUT2D eigenvalue weighted by Crippen LogP contribution is -2.02. The number of benzene rings is 9. The fraction of sp³-hybridized carbons (Fsp3) is 0. The second-order valence-electron chi connectivity index (χ2n) is 14.5. The van der Waals surface area contributed by atoms with Crippen LogP contribution in [0.3, 0.4) is 0 Å². The standard InChI is InChI=1S/C50H28N2O/c1-2-10-29(11-3-1)31-13-6-14-33(26-31)51-42-21-5-4-15-34(42)35-24-22-32(27-43(35)51)41-28-45-50-47-37(17-8-18-38(41)47)40-20-9-19-39-36-16-7-12-30-23-25-44(53-45)49(46(30)36)52(50)48(39)40/h1-28H. The lowest BCUT2D eigenvalue weighted by Gasteiger charge is -2.23. The van der Waals surface area contributed by atoms with Crippen molar-refractivity contribution in [3.05, 3.63) is 170 Å². The van der Waals surface area contributed by atoms with Gasteiger partial charge in [0.1, 0.15) is 0 Å². The Bertz CT molecular complexity index is 3620. The van der Waals surface area contributed by atoms with Crippen molar-refractivity contribution < 1.29 is 4.42 Å². The molecule has 0 aliphatic heterocycles. The van der Waals surface area contributed by atoms with Crippen LogP contribution in [0, 0.1) is 0 Å². The molecule has 3 nitrogen and oxygen atoms in total. The molecule has 13 rings (SSSR count). The Morgan fingerprint density at radius 3 is 1.92 bits per heavy atom. The van der Waals surface area contributed by atoms with Crippen LogP contribution in [0.5, 0.6) is 0 Å². The van der Waals surface area contributed by atoms with Crippen LogP contribution in [0.1, 0.15) is 0 Å². The van der Waals surface area contributed by atoms with Crippen molar-refractivity contribution in [2.24, 2.45) is 0 Å². The van der Waals surface area contributed by atoms with E-state index >= 15 is 0 Å². The molecule has 0 bridgehead atoms. The van der Waals surface area contributed by atoms with Crippen LogP contribution in [0.15, 0.2) is 174 Å². The number of fused-ring (bicyclic) bond motifs is 5. The van der Waals surface area contributed by atoms with Crippen LogP contribution in [0.4, 0.5) is 0 Å². The van der Waals surface area contributed by atoms with E-state index in [4.69, 9.17) is 4.42 Å². The molecule has 13 aromatic rings. The third-order valence-electron chi connectivity index (χ3n) is 11.8. The van der Waals surface area contributed by atoms with E-state index in [-0.39, 0.29) is 0 Å². The van der Waals surface area contributed by atoms with Gasteiger partial charge in [0.25, 0.3) is 0 Å². The minimum Gasteiger partial charge on any atom is -0.453 e. The van der Waals surface area contributed by atoms with Gasteiger partial charge >= 0.3 is 0 Å². The molecule has 0 aliphatic rings. The molecule has 0 saturated heterocycles. The first-order chi connectivity index (χ1) is 26.3. The smallest absolute Gasteiger partial charge is 0.152 e. The minimum atomic E-state index is 0.892. The van der Waals surface area contributed by atoms with E-state index in [0.717, 1.165) is 33.5 Å². The molecular weight excluding hydrogens is 645 g/mol. The quantitative estimate of drug-likeness (QED) is 0.135. The molecule has 0 fully saturated rings. The van der Waals surface area contributed by atoms with Crippen molar-refractivity contribution >= 4 is 92.6 Å². The third-order valence-corrected chi connectivity index (χ3v) is 11.8. The summed E-state index contributed by atoms with van der Waals surface area (Å²) in [5.41, 5.74) is 13.6. The predicted octanol–water partition coefficient (Wildman–Crippen LogP) is 13.8. The summed E-state index contributed by atoms with van der Waals surface area (Å²) in [7, 11) is 0. The van der Waals surface area contributed by atoms with Gasteiger partial charge in [-0.2, -0.15) is 0 Å². The summed E-state index contributed by atoms with van der Waals surface area (Å²) in [6.07, 6.45) is 0. The topological polar surface area (TPSA) is 22.5 Å². The second-order valence-corrected chi connectivity index (χ2v) is 14.5. The van der Waals surface area contributed by atoms with Gasteiger partial charge in [-0.15, -0.1) is 0 Å². The van der Waals surface area contributed by atoms with Gasteiger partial charge in [0.05, 0.1) is 27.6 Å². The van der Waals surface area contributed by atoms with E-state index in [1.165, 1.54) is 87.1 Å². The number of pyridine rings is 2. The van der Waals surface area contributed by atoms with Crippen LogP contribution >= 0.6 is 0 Å². The number of para-hydroxylation sites is 2. The molecule has 0 N–H and O–H groups in total. The molecule has 4 heterocycles. The highest BCUT2D eigenvalue weighted by Gasteiger charge is 2.24. The van der Waals surface area contributed by atoms with Crippen LogP contribution in [0.2, 0.25) is 0 Å². The lowest BCUT2D eigenvalue weighted by molar-refractivity contribution is 0.656. The van der Waals surface area contributed by atoms with Crippen LogP contribution in [-0.2, 0) is 0 Å². The Hall–Kier alpha value is -7.10. The zero-order valence-corrected chi connectivity index (χ0v) is 28.5. The predicted molar refractivity (Wildman–Crippen MR) is 222 cm³/mol. The maximum absolute atomic E-state index is 6.99. The molecule has 0 amide bonds. The molecule has 0 spiro atoms. The first-order valence-electron chi connectivity index (χ1n) is 18.3. The summed E-state index contributed by atoms with van der Waals surface area (Å²) in [6.45, 7) is 0. The normalized spacial score (nSPS) is 12.5. The number of hydrogen-bond acceptors (Lipinski definition) is 1. The second kappa shape index (κ2) is 9.81. The SMILES string of the molecule is c1ccc(-c2cccc(-n3c4ccccc4c4ccc(-c5cc6oc7ccc8cccc9c%10cccc%11c%12cccc5c%12c6n(c%10%11)c7c89)cc43)c2)cc1. The molecule has 244 valence electrons. The van der Waals surface area contributed by atoms with Crippen molar-refractivity contribution in [1.82, 2.24) is 8.97 Å². The first-order valence-corrected chi connectivity index (χ1v) is 18.3. The summed E-state index contributed by atoms with van der Waals surface area (Å²) in [6, 6.07) is 62.2. The average Bonchev–Trinajstić information content (AvgIpc) is 3.56. The molecular formula is C50H28N2O. The summed E-state index contributed by atoms with van der Waals surface area (Å²) in [4.78, 5) is 0. The van der Waals surface area contributed by atoms with E-state index in [9.17, 15) is 0 Å². The average molecular weight is 673 g/mol. The highest BCUT2D eigenvalue weighted by atomic mass is 16.3. The Morgan fingerprint density at radius 1 is 0.358 bits per heavy atom. The molecule has 4 aromatic heterocycles. The molecule has 0 atom stereocenters. The first kappa shape index (κ1) is 27.6. The van der Waals surface area contributed by atoms with Crippen molar-refractivity contribution in [2.75, 3.05) is 0 Å². The fourth-order valence-electron chi connectivity index (χ4n) is 9.61. The summed E-state index contributed by atoms with van der Waals surface area (Å²) in [5, 5.41) is 12.5. The largest absolute Gasteiger partial charge is 0.453 e. The number of aromatic nitrogens is 2. The van der Waals surface area contributed by atoms with Crippen molar-refractivity contribution in [3.8, 4) is 27.9 Å². The van der Waals surface area contributed by atoms with Gasteiger partial charge in [0.2, 0.25) is 0 Å². The highest BCUT2D eigenvalue weighted by molar-refractivity contribution is 6.33. The van der Waals surface area contributed by atoms with Gasteiger partial charge in [-0.25, -0.2) is 0 Å². The fourth-order valence-corrected chi connectivity index (χ4v) is 9.61. The molecule has 9 aromatic carbocycles. The van der Waals surface area contributed by atoms with Gasteiger partial charge < -0.3 is 13.4 Å². The summed E-state index contributed by atoms with van der Waals surface area (Å²) in [5.74, 6) is 0. The zero-order valence-electron chi connectivity index (χ0n) is 28.5. The van der Waals surface area contributed by atoms with E-state index in [2.05, 4.69) is 179 Å². The van der Waals surface area contributed by atoms with E-state index in [0.29, 0.717) is 0 Å². The van der Waals surface area contributed by atoms with Crippen molar-refractivity contribution in [3.63, 3.8) is 0 Å². The van der Waals surface area contributed by atoms with Crippen LogP contribution in [0.25, 0.3) is 121 Å². The molecule has 0 radical (unpaired) electrons. The number of rotatable bonds is 3. The monoisotopic (exact) mass is 672 g/mol. The van der Waals surface area contributed by atoms with Gasteiger partial charge in [-0.3, -0.25) is 0 Å². The molecule has 3 heteroatoms. The van der Waals surface area contributed by atoms with Crippen LogP contribution < -0.4 is 0 Å². The summed E-state index contributed by atoms with van der Waals surface area (Å²) < 4.78 is 11.9. The maximum atomic E-state index is 6.99. The highest BCUT2D eigenvalue weighted by Crippen LogP contribution is 2.48. The molecule has 0 unspecified atom stereocenters. The van der Waals surface area contributed by atoms with Crippen LogP contribution in [-0.4, -0.2) is 8.97 Å². The van der Waals surface area contributed by atoms with E-state index in [1.807, 2.05) is 0 Å². The lowest BCUT2D eigenvalue weighted by atomic mass is 9.90. The zero-order chi connectivity index (χ0) is 34.4. The van der Waals surface area contributed by atoms with Gasteiger partial charge in [0.15, 0.2) is 11.2 Å². The molecule has 0 saturated carbocycles. The third kappa shape index (κ3) is 3.49. The molecule has 0 aliphatic carbocycles. The summed E-state index contributed by atoms with van der Waals surface area (Å²) >= 11 is 0. The van der Waals surface area contributed by atoms with E-state index in [1.54, 1.807) is 0 Å². The number of nitrogens with zero attached hydrogens (tertiary/aromatic N) is 2. The Labute approximate surface area is 302 Å². The van der Waals surface area contributed by atoms with Crippen molar-refractivity contribution in [1.29, 1.82) is 0 Å². The maximum Gasteiger partial charge on any atom is 0.152 e. The Balaban J connectivity index is 1.15. The molecule has 53 heavy (non-hydrogen) atoms. The number of hydrogen-bond donors (Lipinski definition) is 0.